The lowest BCUT2D eigenvalue weighted by atomic mass is 10.1. The highest BCUT2D eigenvalue weighted by Crippen LogP contribution is 2.11. The summed E-state index contributed by atoms with van der Waals surface area (Å²) in [5.74, 6) is -1.24. The third-order valence-corrected chi connectivity index (χ3v) is 2.91. The third kappa shape index (κ3) is 6.04. The molecule has 1 rings (SSSR count). The molecule has 0 fully saturated rings. The molecule has 0 spiro atoms. The maximum absolute atomic E-state index is 11.6. The number of amides is 1. The normalized spacial score (nSPS) is 10.2. The van der Waals surface area contributed by atoms with E-state index in [0.29, 0.717) is 12.1 Å². The number of unbranched alkanes of at least 4 members (excludes halogenated alkanes) is 4. The summed E-state index contributed by atoms with van der Waals surface area (Å²) in [6, 6.07) is 5.98. The molecule has 0 aromatic heterocycles. The van der Waals surface area contributed by atoms with E-state index in [0.717, 1.165) is 12.8 Å². The summed E-state index contributed by atoms with van der Waals surface area (Å²) in [6.07, 6.45) is 6.05. The first kappa shape index (κ1) is 15.2. The predicted molar refractivity (Wildman–Crippen MR) is 73.5 cm³/mol. The minimum Gasteiger partial charge on any atom is -0.326 e. The largest absolute Gasteiger partial charge is 0.386 e. The summed E-state index contributed by atoms with van der Waals surface area (Å²) in [5, 5.41) is 13.3. The van der Waals surface area contributed by atoms with Crippen molar-refractivity contribution in [2.24, 2.45) is 0 Å². The van der Waals surface area contributed by atoms with Crippen molar-refractivity contribution in [2.75, 3.05) is 5.32 Å². The zero-order chi connectivity index (χ0) is 14.1. The monoisotopic (exact) mass is 262 g/mol. The van der Waals surface area contributed by atoms with Gasteiger partial charge in [-0.2, -0.15) is 0 Å². The number of rotatable bonds is 8. The molecule has 1 aromatic rings. The Kier molecular flexibility index (Phi) is 6.64. The summed E-state index contributed by atoms with van der Waals surface area (Å²) in [5.41, 5.74) is 0.723. The van der Waals surface area contributed by atoms with Crippen molar-refractivity contribution in [1.82, 2.24) is 0 Å². The standard InChI is InChI=1S/C15H20NO3/c1-2-3-4-5-6-7-14(17)16-13-10-8-12(9-11-13)15(18)19/h8-11H,2-7H2,1H3,(H,16,17). The van der Waals surface area contributed by atoms with Crippen LogP contribution in [0.3, 0.4) is 0 Å². The van der Waals surface area contributed by atoms with Crippen molar-refractivity contribution >= 4 is 17.6 Å². The highest BCUT2D eigenvalue weighted by molar-refractivity contribution is 5.92. The van der Waals surface area contributed by atoms with E-state index >= 15 is 0 Å². The molecule has 103 valence electrons. The Morgan fingerprint density at radius 2 is 1.63 bits per heavy atom. The van der Waals surface area contributed by atoms with Crippen LogP contribution >= 0.6 is 0 Å². The minimum absolute atomic E-state index is 0.0299. The second-order valence-corrected chi connectivity index (χ2v) is 4.58. The number of carbonyl (C=O) groups excluding carboxylic acids is 2. The number of hydrogen-bond donors (Lipinski definition) is 1. The molecule has 4 heteroatoms. The Morgan fingerprint density at radius 3 is 2.21 bits per heavy atom. The Bertz CT molecular complexity index is 412. The summed E-state index contributed by atoms with van der Waals surface area (Å²) in [4.78, 5) is 22.2. The van der Waals surface area contributed by atoms with Crippen LogP contribution in [0, 0.1) is 0 Å². The molecule has 0 unspecified atom stereocenters. The van der Waals surface area contributed by atoms with Gasteiger partial charge in [-0.15, -0.1) is 0 Å². The molecular weight excluding hydrogens is 242 g/mol. The zero-order valence-corrected chi connectivity index (χ0v) is 11.3. The van der Waals surface area contributed by atoms with Gasteiger partial charge in [-0.25, -0.2) is 9.90 Å². The van der Waals surface area contributed by atoms with Gasteiger partial charge in [0.2, 0.25) is 5.91 Å². The molecule has 0 atom stereocenters. The summed E-state index contributed by atoms with van der Waals surface area (Å²) >= 11 is 0. The quantitative estimate of drug-likeness (QED) is 0.728. The molecule has 0 aliphatic heterocycles. The molecule has 19 heavy (non-hydrogen) atoms. The zero-order valence-electron chi connectivity index (χ0n) is 11.3. The Hall–Kier alpha value is -1.84. The fourth-order valence-electron chi connectivity index (χ4n) is 1.80. The molecule has 0 saturated carbocycles. The van der Waals surface area contributed by atoms with E-state index in [1.54, 1.807) is 12.1 Å². The van der Waals surface area contributed by atoms with E-state index in [-0.39, 0.29) is 11.5 Å². The number of anilines is 1. The highest BCUT2D eigenvalue weighted by Gasteiger charge is 2.06. The van der Waals surface area contributed by atoms with Gasteiger partial charge in [0, 0.05) is 12.1 Å². The van der Waals surface area contributed by atoms with E-state index in [1.165, 1.54) is 31.4 Å². The van der Waals surface area contributed by atoms with Crippen LogP contribution in [0.5, 0.6) is 0 Å². The van der Waals surface area contributed by atoms with Crippen molar-refractivity contribution in [1.29, 1.82) is 0 Å². The lowest BCUT2D eigenvalue weighted by Crippen LogP contribution is -2.11. The SMILES string of the molecule is CCCCCCCC(=O)Nc1ccc(C([O])=O)cc1. The molecular formula is C15H20NO3. The second kappa shape index (κ2) is 8.29. The first-order chi connectivity index (χ1) is 9.13. The van der Waals surface area contributed by atoms with Crippen molar-refractivity contribution in [3.63, 3.8) is 0 Å². The Labute approximate surface area is 113 Å². The van der Waals surface area contributed by atoms with Gasteiger partial charge in [-0.3, -0.25) is 4.79 Å². The molecule has 0 aliphatic rings. The molecule has 1 amide bonds. The lowest BCUT2D eigenvalue weighted by molar-refractivity contribution is -0.116. The van der Waals surface area contributed by atoms with Crippen LogP contribution in [-0.2, 0) is 9.90 Å². The van der Waals surface area contributed by atoms with Crippen LogP contribution in [-0.4, -0.2) is 11.9 Å². The van der Waals surface area contributed by atoms with E-state index in [2.05, 4.69) is 12.2 Å². The van der Waals surface area contributed by atoms with Crippen molar-refractivity contribution in [3.05, 3.63) is 29.8 Å². The number of benzene rings is 1. The van der Waals surface area contributed by atoms with Crippen LogP contribution in [0.2, 0.25) is 0 Å². The van der Waals surface area contributed by atoms with Crippen LogP contribution in [0.4, 0.5) is 5.69 Å². The average Bonchev–Trinajstić information content (AvgIpc) is 2.39. The van der Waals surface area contributed by atoms with Crippen molar-refractivity contribution < 1.29 is 14.7 Å². The number of carbonyl (C=O) groups is 2. The predicted octanol–water partition coefficient (Wildman–Crippen LogP) is 3.56. The van der Waals surface area contributed by atoms with Gasteiger partial charge < -0.3 is 5.32 Å². The summed E-state index contributed by atoms with van der Waals surface area (Å²) < 4.78 is 0. The van der Waals surface area contributed by atoms with Gasteiger partial charge in [-0.05, 0) is 30.7 Å². The first-order valence-corrected chi connectivity index (χ1v) is 6.74. The average molecular weight is 262 g/mol. The smallest absolute Gasteiger partial charge is 0.326 e. The maximum atomic E-state index is 11.6. The number of nitrogens with one attached hydrogen (secondary N) is 1. The van der Waals surface area contributed by atoms with Gasteiger partial charge in [0.25, 0.3) is 0 Å². The minimum atomic E-state index is -1.21. The summed E-state index contributed by atoms with van der Waals surface area (Å²) in [6.45, 7) is 2.16. The molecule has 1 radical (unpaired) electrons. The van der Waals surface area contributed by atoms with Gasteiger partial charge in [0.1, 0.15) is 0 Å². The topological polar surface area (TPSA) is 66.1 Å². The summed E-state index contributed by atoms with van der Waals surface area (Å²) in [7, 11) is 0. The molecule has 0 saturated heterocycles. The van der Waals surface area contributed by atoms with E-state index in [1.807, 2.05) is 0 Å². The fraction of sp³-hybridized carbons (Fsp3) is 0.467. The van der Waals surface area contributed by atoms with Crippen LogP contribution in [0.1, 0.15) is 55.8 Å². The molecule has 0 heterocycles. The van der Waals surface area contributed by atoms with Gasteiger partial charge in [0.15, 0.2) is 0 Å². The highest BCUT2D eigenvalue weighted by atomic mass is 16.4. The van der Waals surface area contributed by atoms with Gasteiger partial charge >= 0.3 is 5.97 Å². The van der Waals surface area contributed by atoms with E-state index in [9.17, 15) is 14.7 Å². The van der Waals surface area contributed by atoms with Crippen molar-refractivity contribution in [3.8, 4) is 0 Å². The second-order valence-electron chi connectivity index (χ2n) is 4.58. The molecule has 0 aliphatic carbocycles. The van der Waals surface area contributed by atoms with E-state index in [4.69, 9.17) is 0 Å². The van der Waals surface area contributed by atoms with E-state index < -0.39 is 5.97 Å². The van der Waals surface area contributed by atoms with Gasteiger partial charge in [0.05, 0.1) is 5.56 Å². The third-order valence-electron chi connectivity index (χ3n) is 2.91. The Balaban J connectivity index is 2.30. The van der Waals surface area contributed by atoms with Gasteiger partial charge in [-0.1, -0.05) is 32.6 Å². The first-order valence-electron chi connectivity index (χ1n) is 6.74. The van der Waals surface area contributed by atoms with Crippen LogP contribution < -0.4 is 5.32 Å². The maximum Gasteiger partial charge on any atom is 0.386 e. The van der Waals surface area contributed by atoms with Crippen LogP contribution in [0.25, 0.3) is 0 Å². The van der Waals surface area contributed by atoms with Crippen molar-refractivity contribution in [2.45, 2.75) is 45.4 Å². The Morgan fingerprint density at radius 1 is 1.00 bits per heavy atom. The van der Waals surface area contributed by atoms with Crippen LogP contribution in [0.15, 0.2) is 24.3 Å². The lowest BCUT2D eigenvalue weighted by Gasteiger charge is -2.05. The fourth-order valence-corrected chi connectivity index (χ4v) is 1.80. The number of hydrogen-bond acceptors (Lipinski definition) is 2. The molecule has 0 bridgehead atoms. The molecule has 4 nitrogen and oxygen atoms in total. The molecule has 1 aromatic carbocycles. The molecule has 1 N–H and O–H groups in total.